The Morgan fingerprint density at radius 3 is 1.96 bits per heavy atom. The Morgan fingerprint density at radius 1 is 0.613 bits per heavy atom. The average Bonchev–Trinajstić information content (AvgIpc) is 4.10. The van der Waals surface area contributed by atoms with E-state index in [0.29, 0.717) is 11.8 Å². The van der Waals surface area contributed by atoms with Gasteiger partial charge in [0.05, 0.1) is 22.9 Å². The first kappa shape index (κ1) is 51.7. The molecule has 0 N–H and O–H groups in total. The van der Waals surface area contributed by atoms with Crippen molar-refractivity contribution in [2.45, 2.75) is 238 Å². The minimum absolute atomic E-state index is 0.0218. The van der Waals surface area contributed by atoms with Gasteiger partial charge in [0.1, 0.15) is 5.58 Å². The lowest BCUT2D eigenvalue weighted by molar-refractivity contribution is 0.0326. The summed E-state index contributed by atoms with van der Waals surface area (Å²) in [6.45, 7) is 40.2. The third-order valence-electron chi connectivity index (χ3n) is 25.2. The SMILES string of the molecule is Cc1cc2c(cc1N1C3=C4B(c5ccc(C(C)(C)C)cc51)c1oc5cc6c(cc5c1N(C1=CC5C(C=C1)C(C)(C)CCC5(C)C)C4CC(N1c4ccccc4C4(C)CCCCC14C)=C3)C1(C)CCC6(C)CC1)C(C)(C)CCC2(C)C. The van der Waals surface area contributed by atoms with E-state index in [0.717, 1.165) is 17.7 Å². The maximum atomic E-state index is 7.92. The van der Waals surface area contributed by atoms with Crippen LogP contribution in [0.4, 0.5) is 22.7 Å². The molecule has 3 aliphatic heterocycles. The summed E-state index contributed by atoms with van der Waals surface area (Å²) < 4.78 is 7.92. The Bertz CT molecular complexity index is 3660. The maximum Gasteiger partial charge on any atom is 0.292 e. The number of fused-ring (bicyclic) bond motifs is 13. The van der Waals surface area contributed by atoms with Gasteiger partial charge in [0, 0.05) is 51.4 Å². The fraction of sp³-hybridized carbons (Fsp3) is 0.547. The van der Waals surface area contributed by atoms with Crippen LogP contribution < -0.4 is 25.8 Å². The predicted octanol–water partition coefficient (Wildman–Crippen LogP) is 18.2. The highest BCUT2D eigenvalue weighted by Crippen LogP contribution is 2.64. The molecule has 3 saturated carbocycles. The quantitative estimate of drug-likeness (QED) is 0.168. The number of nitrogens with zero attached hydrogens (tertiary/aromatic N) is 3. The van der Waals surface area contributed by atoms with E-state index in [2.05, 4.69) is 217 Å². The van der Waals surface area contributed by atoms with Crippen LogP contribution in [-0.4, -0.2) is 18.3 Å². The van der Waals surface area contributed by atoms with Gasteiger partial charge in [-0.25, -0.2) is 0 Å². The van der Waals surface area contributed by atoms with E-state index in [1.165, 1.54) is 161 Å². The number of anilines is 4. The Hall–Kier alpha value is -5.16. The highest BCUT2D eigenvalue weighted by molar-refractivity contribution is 6.93. The highest BCUT2D eigenvalue weighted by Gasteiger charge is 2.61. The van der Waals surface area contributed by atoms with Crippen LogP contribution in [-0.2, 0) is 32.5 Å². The van der Waals surface area contributed by atoms with Gasteiger partial charge in [-0.1, -0.05) is 158 Å². The zero-order valence-corrected chi connectivity index (χ0v) is 51.9. The van der Waals surface area contributed by atoms with Gasteiger partial charge >= 0.3 is 0 Å². The summed E-state index contributed by atoms with van der Waals surface area (Å²) in [6, 6.07) is 27.8. The molecule has 5 atom stereocenters. The van der Waals surface area contributed by atoms with Crippen molar-refractivity contribution in [1.29, 1.82) is 0 Å². The topological polar surface area (TPSA) is 22.9 Å². The molecule has 4 heterocycles. The standard InChI is InChI=1S/C75H92BN3O/c1-45-37-52-54(71(11,12)32-31-69(52,7)8)43-59(45)78-60-38-46(67(2,3)4)23-26-57(60)76-64-61(40-48(41-62(64)78)79-58-22-18-17-21-51(58)74(15)27-19-20-28-75(74,79)16)77(47-24-25-50-53(39-47)70(9,10)30-29-68(50,5)6)65-49-42-55-56(44-63(49)80-66(65)76)73(14)35-33-72(55,13)34-36-73/h17-18,21-26,37-39,41-44,50,53,61H,19-20,27-36,40H2,1-16H3. The van der Waals surface area contributed by atoms with E-state index in [-0.39, 0.29) is 61.6 Å². The van der Waals surface area contributed by atoms with Crippen molar-refractivity contribution >= 4 is 51.6 Å². The second-order valence-electron chi connectivity index (χ2n) is 32.8. The molecule has 16 rings (SSSR count). The highest BCUT2D eigenvalue weighted by atomic mass is 16.3. The smallest absolute Gasteiger partial charge is 0.292 e. The van der Waals surface area contributed by atoms with Crippen LogP contribution in [0, 0.1) is 29.6 Å². The number of hydrogen-bond donors (Lipinski definition) is 0. The zero-order chi connectivity index (χ0) is 56.0. The first-order valence-electron chi connectivity index (χ1n) is 31.8. The molecule has 8 aliphatic carbocycles. The van der Waals surface area contributed by atoms with Crippen molar-refractivity contribution in [3.05, 3.63) is 153 Å². The van der Waals surface area contributed by atoms with E-state index >= 15 is 0 Å². The van der Waals surface area contributed by atoms with E-state index in [9.17, 15) is 0 Å². The number of hydrogen-bond acceptors (Lipinski definition) is 4. The average molecular weight is 1060 g/mol. The Kier molecular flexibility index (Phi) is 10.4. The van der Waals surface area contributed by atoms with Gasteiger partial charge in [-0.05, 0) is 220 Å². The molecule has 0 saturated heterocycles. The van der Waals surface area contributed by atoms with Gasteiger partial charge in [0.25, 0.3) is 6.71 Å². The number of benzene rings is 4. The van der Waals surface area contributed by atoms with E-state index in [1.807, 2.05) is 0 Å². The zero-order valence-electron chi connectivity index (χ0n) is 51.9. The number of aryl methyl sites for hydroxylation is 1. The van der Waals surface area contributed by atoms with Gasteiger partial charge < -0.3 is 19.1 Å². The van der Waals surface area contributed by atoms with Crippen molar-refractivity contribution in [2.75, 3.05) is 14.7 Å². The van der Waals surface area contributed by atoms with Crippen molar-refractivity contribution in [1.82, 2.24) is 0 Å². The van der Waals surface area contributed by atoms with Gasteiger partial charge in [-0.3, -0.25) is 0 Å². The Morgan fingerprint density at radius 2 is 1.26 bits per heavy atom. The minimum atomic E-state index is -0.0851. The largest absolute Gasteiger partial charge is 0.468 e. The molecule has 3 fully saturated rings. The van der Waals surface area contributed by atoms with Crippen LogP contribution in [0.15, 0.2) is 118 Å². The molecular weight excluding hydrogens is 970 g/mol. The molecule has 416 valence electrons. The van der Waals surface area contributed by atoms with E-state index < -0.39 is 0 Å². The molecule has 0 spiro atoms. The second-order valence-corrected chi connectivity index (χ2v) is 32.8. The molecule has 4 nitrogen and oxygen atoms in total. The molecule has 80 heavy (non-hydrogen) atoms. The van der Waals surface area contributed by atoms with Crippen molar-refractivity contribution in [2.24, 2.45) is 22.7 Å². The summed E-state index contributed by atoms with van der Waals surface area (Å²) in [5.74, 6) is 0.894. The third kappa shape index (κ3) is 6.76. The maximum absolute atomic E-state index is 7.92. The summed E-state index contributed by atoms with van der Waals surface area (Å²) in [6.07, 6.45) is 26.5. The minimum Gasteiger partial charge on any atom is -0.468 e. The van der Waals surface area contributed by atoms with Crippen LogP contribution >= 0.6 is 0 Å². The van der Waals surface area contributed by atoms with Gasteiger partial charge in [-0.2, -0.15) is 0 Å². The molecule has 2 bridgehead atoms. The molecule has 5 unspecified atom stereocenters. The van der Waals surface area contributed by atoms with Gasteiger partial charge in [-0.15, -0.1) is 0 Å². The lowest BCUT2D eigenvalue weighted by atomic mass is 9.33. The molecule has 0 radical (unpaired) electrons. The fourth-order valence-electron chi connectivity index (χ4n) is 19.3. The number of rotatable bonds is 3. The fourth-order valence-corrected chi connectivity index (χ4v) is 19.3. The van der Waals surface area contributed by atoms with Crippen LogP contribution in [0.25, 0.3) is 11.0 Å². The van der Waals surface area contributed by atoms with Crippen molar-refractivity contribution in [3.63, 3.8) is 0 Å². The molecule has 5 aromatic rings. The molecule has 11 aliphatic rings. The number of furan rings is 1. The number of para-hydroxylation sites is 1. The summed E-state index contributed by atoms with van der Waals surface area (Å²) in [5.41, 5.74) is 25.8. The number of allylic oxidation sites excluding steroid dienone is 4. The molecule has 4 aromatic carbocycles. The second kappa shape index (κ2) is 16.1. The summed E-state index contributed by atoms with van der Waals surface area (Å²) in [7, 11) is 0. The third-order valence-corrected chi connectivity index (χ3v) is 25.2. The van der Waals surface area contributed by atoms with Crippen molar-refractivity contribution < 1.29 is 4.42 Å². The molecule has 1 aromatic heterocycles. The molecule has 0 amide bonds. The van der Waals surface area contributed by atoms with Crippen molar-refractivity contribution in [3.8, 4) is 0 Å². The van der Waals surface area contributed by atoms with Crippen LogP contribution in [0.2, 0.25) is 0 Å². The lowest BCUT2D eigenvalue weighted by Crippen LogP contribution is -2.63. The first-order valence-corrected chi connectivity index (χ1v) is 31.8. The summed E-state index contributed by atoms with van der Waals surface area (Å²) >= 11 is 0. The van der Waals surface area contributed by atoms with Gasteiger partial charge in [0.15, 0.2) is 0 Å². The molecule has 5 heteroatoms. The summed E-state index contributed by atoms with van der Waals surface area (Å²) in [5, 5.41) is 1.32. The lowest BCUT2D eigenvalue weighted by Gasteiger charge is -2.55. The Labute approximate surface area is 481 Å². The van der Waals surface area contributed by atoms with Crippen LogP contribution in [0.5, 0.6) is 0 Å². The van der Waals surface area contributed by atoms with Gasteiger partial charge in [0.2, 0.25) is 0 Å². The first-order chi connectivity index (χ1) is 37.6. The van der Waals surface area contributed by atoms with E-state index in [4.69, 9.17) is 4.42 Å². The molecular formula is C75H92BN3O. The monoisotopic (exact) mass is 1060 g/mol. The van der Waals surface area contributed by atoms with Crippen LogP contribution in [0.3, 0.4) is 0 Å². The predicted molar refractivity (Wildman–Crippen MR) is 338 cm³/mol. The van der Waals surface area contributed by atoms with Crippen LogP contribution in [0.1, 0.15) is 226 Å². The van der Waals surface area contributed by atoms with E-state index in [1.54, 1.807) is 11.1 Å². The summed E-state index contributed by atoms with van der Waals surface area (Å²) in [4.78, 5) is 8.68. The Balaban J connectivity index is 1.07. The normalized spacial score (nSPS) is 32.5.